The number of pyridine rings is 1. The molecule has 6 heteroatoms. The van der Waals surface area contributed by atoms with Crippen molar-refractivity contribution >= 4 is 40.4 Å². The normalized spacial score (nSPS) is 9.95. The van der Waals surface area contributed by atoms with Crippen LogP contribution in [0.4, 0.5) is 5.69 Å². The number of anilines is 1. The molecule has 3 N–H and O–H groups in total. The highest BCUT2D eigenvalue weighted by Gasteiger charge is 2.08. The third kappa shape index (κ3) is 3.49. The van der Waals surface area contributed by atoms with Gasteiger partial charge >= 0.3 is 0 Å². The van der Waals surface area contributed by atoms with Crippen LogP contribution in [0.3, 0.4) is 0 Å². The Bertz CT molecular complexity index is 628. The number of nitrogens with two attached hydrogens (primary N) is 1. The molecule has 1 heterocycles. The van der Waals surface area contributed by atoms with Crippen molar-refractivity contribution < 1.29 is 4.79 Å². The first-order valence-corrected chi connectivity index (χ1v) is 6.17. The zero-order valence-electron chi connectivity index (χ0n) is 9.76. The molecule has 0 aliphatic heterocycles. The Balaban J connectivity index is 2.14. The number of hydrogen-bond acceptors (Lipinski definition) is 3. The Hall–Kier alpha value is -1.98. The number of amides is 1. The van der Waals surface area contributed by atoms with Crippen LogP contribution in [0, 0.1) is 0 Å². The fourth-order valence-electron chi connectivity index (χ4n) is 1.44. The smallest absolute Gasteiger partial charge is 0.274 e. The summed E-state index contributed by atoms with van der Waals surface area (Å²) in [5.41, 5.74) is 6.96. The van der Waals surface area contributed by atoms with Crippen molar-refractivity contribution in [2.24, 2.45) is 5.73 Å². The molecule has 0 atom stereocenters. The topological polar surface area (TPSA) is 68.0 Å². The van der Waals surface area contributed by atoms with Crippen molar-refractivity contribution in [3.05, 3.63) is 58.9 Å². The molecule has 0 saturated heterocycles. The lowest BCUT2D eigenvalue weighted by Crippen LogP contribution is -2.15. The second kappa shape index (κ2) is 5.77. The van der Waals surface area contributed by atoms with Gasteiger partial charge in [0.15, 0.2) is 0 Å². The molecule has 0 aliphatic carbocycles. The summed E-state index contributed by atoms with van der Waals surface area (Å²) >= 11 is 10.6. The number of thiocarbonyl (C=S) groups is 1. The van der Waals surface area contributed by atoms with Crippen LogP contribution in [0.1, 0.15) is 16.1 Å². The zero-order chi connectivity index (χ0) is 13.8. The van der Waals surface area contributed by atoms with E-state index in [1.54, 1.807) is 36.4 Å². The van der Waals surface area contributed by atoms with E-state index in [0.717, 1.165) is 0 Å². The number of hydrogen-bond donors (Lipinski definition) is 2. The van der Waals surface area contributed by atoms with E-state index in [1.165, 1.54) is 6.20 Å². The molecule has 0 fully saturated rings. The summed E-state index contributed by atoms with van der Waals surface area (Å²) < 4.78 is 0. The maximum absolute atomic E-state index is 11.9. The van der Waals surface area contributed by atoms with Crippen LogP contribution in [-0.2, 0) is 0 Å². The number of carbonyl (C=O) groups is 1. The van der Waals surface area contributed by atoms with Crippen molar-refractivity contribution in [3.8, 4) is 0 Å². The molecule has 2 rings (SSSR count). The van der Waals surface area contributed by atoms with E-state index < -0.39 is 0 Å². The van der Waals surface area contributed by atoms with E-state index in [9.17, 15) is 4.79 Å². The second-order valence-electron chi connectivity index (χ2n) is 3.76. The number of nitrogens with one attached hydrogen (secondary N) is 1. The maximum Gasteiger partial charge on any atom is 0.274 e. The lowest BCUT2D eigenvalue weighted by Gasteiger charge is -2.05. The summed E-state index contributed by atoms with van der Waals surface area (Å²) in [6.07, 6.45) is 1.47. The third-order valence-corrected chi connectivity index (χ3v) is 2.83. The van der Waals surface area contributed by atoms with Crippen LogP contribution in [0.5, 0.6) is 0 Å². The molecule has 1 amide bonds. The fourth-order valence-corrected chi connectivity index (χ4v) is 1.75. The first-order chi connectivity index (χ1) is 9.06. The number of rotatable bonds is 3. The van der Waals surface area contributed by atoms with Gasteiger partial charge in [0.1, 0.15) is 10.7 Å². The van der Waals surface area contributed by atoms with Crippen LogP contribution in [0.2, 0.25) is 5.02 Å². The van der Waals surface area contributed by atoms with Crippen LogP contribution >= 0.6 is 23.8 Å². The van der Waals surface area contributed by atoms with Gasteiger partial charge in [0, 0.05) is 22.5 Å². The van der Waals surface area contributed by atoms with Gasteiger partial charge in [0.25, 0.3) is 5.91 Å². The van der Waals surface area contributed by atoms with Gasteiger partial charge in [-0.1, -0.05) is 29.9 Å². The van der Waals surface area contributed by atoms with E-state index in [4.69, 9.17) is 29.6 Å². The molecule has 1 aromatic heterocycles. The molecule has 0 spiro atoms. The van der Waals surface area contributed by atoms with Gasteiger partial charge in [-0.15, -0.1) is 0 Å². The Morgan fingerprint density at radius 1 is 1.32 bits per heavy atom. The predicted octanol–water partition coefficient (Wildman–Crippen LogP) is 2.62. The standard InChI is InChI=1S/C13H10ClN3OS/c14-9-2-1-3-10(6-9)17-13(18)11-5-4-8(7-16-11)12(15)19/h1-7H,(H2,15,19)(H,17,18). The summed E-state index contributed by atoms with van der Waals surface area (Å²) in [6.45, 7) is 0. The first kappa shape index (κ1) is 13.5. The van der Waals surface area contributed by atoms with Crippen LogP contribution in [0.25, 0.3) is 0 Å². The minimum atomic E-state index is -0.322. The Kier molecular flexibility index (Phi) is 4.09. The van der Waals surface area contributed by atoms with Gasteiger partial charge in [-0.3, -0.25) is 9.78 Å². The summed E-state index contributed by atoms with van der Waals surface area (Å²) in [6, 6.07) is 10.1. The van der Waals surface area contributed by atoms with E-state index >= 15 is 0 Å². The van der Waals surface area contributed by atoms with Gasteiger partial charge in [-0.25, -0.2) is 0 Å². The molecule has 0 bridgehead atoms. The molecule has 1 aromatic carbocycles. The largest absolute Gasteiger partial charge is 0.389 e. The van der Waals surface area contributed by atoms with E-state index in [0.29, 0.717) is 16.3 Å². The summed E-state index contributed by atoms with van der Waals surface area (Å²) in [5, 5.41) is 3.25. The fraction of sp³-hybridized carbons (Fsp3) is 0. The van der Waals surface area contributed by atoms with Gasteiger partial charge in [0.2, 0.25) is 0 Å². The van der Waals surface area contributed by atoms with Crippen molar-refractivity contribution in [3.63, 3.8) is 0 Å². The number of aromatic nitrogens is 1. The average Bonchev–Trinajstić information content (AvgIpc) is 2.39. The van der Waals surface area contributed by atoms with E-state index in [2.05, 4.69) is 10.3 Å². The summed E-state index contributed by atoms with van der Waals surface area (Å²) in [5.74, 6) is -0.322. The molecule has 0 radical (unpaired) electrons. The monoisotopic (exact) mass is 291 g/mol. The second-order valence-corrected chi connectivity index (χ2v) is 4.64. The van der Waals surface area contributed by atoms with Gasteiger partial charge in [-0.05, 0) is 30.3 Å². The van der Waals surface area contributed by atoms with E-state index in [-0.39, 0.29) is 16.6 Å². The minimum absolute atomic E-state index is 0.245. The van der Waals surface area contributed by atoms with Crippen molar-refractivity contribution in [2.45, 2.75) is 0 Å². The number of nitrogens with zero attached hydrogens (tertiary/aromatic N) is 1. The Morgan fingerprint density at radius 2 is 2.11 bits per heavy atom. The number of halogens is 1. The molecule has 96 valence electrons. The molecular formula is C13H10ClN3OS. The highest BCUT2D eigenvalue weighted by atomic mass is 35.5. The van der Waals surface area contributed by atoms with Crippen LogP contribution < -0.4 is 11.1 Å². The minimum Gasteiger partial charge on any atom is -0.389 e. The summed E-state index contributed by atoms with van der Waals surface area (Å²) in [4.78, 5) is 16.2. The molecule has 4 nitrogen and oxygen atoms in total. The summed E-state index contributed by atoms with van der Waals surface area (Å²) in [7, 11) is 0. The number of benzene rings is 1. The highest BCUT2D eigenvalue weighted by molar-refractivity contribution is 7.80. The van der Waals surface area contributed by atoms with Crippen molar-refractivity contribution in [1.29, 1.82) is 0 Å². The van der Waals surface area contributed by atoms with Crippen LogP contribution in [0.15, 0.2) is 42.6 Å². The molecular weight excluding hydrogens is 282 g/mol. The Labute approximate surface area is 120 Å². The Morgan fingerprint density at radius 3 is 2.68 bits per heavy atom. The number of carbonyl (C=O) groups excluding carboxylic acids is 1. The van der Waals surface area contributed by atoms with Gasteiger partial charge < -0.3 is 11.1 Å². The lowest BCUT2D eigenvalue weighted by atomic mass is 10.2. The zero-order valence-corrected chi connectivity index (χ0v) is 11.3. The first-order valence-electron chi connectivity index (χ1n) is 5.39. The van der Waals surface area contributed by atoms with Gasteiger partial charge in [0.05, 0.1) is 0 Å². The molecule has 0 aliphatic rings. The maximum atomic E-state index is 11.9. The lowest BCUT2D eigenvalue weighted by molar-refractivity contribution is 0.102. The van der Waals surface area contributed by atoms with Crippen molar-refractivity contribution in [2.75, 3.05) is 5.32 Å². The van der Waals surface area contributed by atoms with Crippen LogP contribution in [-0.4, -0.2) is 15.9 Å². The highest BCUT2D eigenvalue weighted by Crippen LogP contribution is 2.15. The quantitative estimate of drug-likeness (QED) is 0.853. The third-order valence-electron chi connectivity index (χ3n) is 2.36. The van der Waals surface area contributed by atoms with E-state index in [1.807, 2.05) is 0 Å². The average molecular weight is 292 g/mol. The van der Waals surface area contributed by atoms with Crippen molar-refractivity contribution in [1.82, 2.24) is 4.98 Å². The molecule has 0 saturated carbocycles. The predicted molar refractivity (Wildman–Crippen MR) is 79.5 cm³/mol. The molecule has 2 aromatic rings. The molecule has 19 heavy (non-hydrogen) atoms. The SMILES string of the molecule is NC(=S)c1ccc(C(=O)Nc2cccc(Cl)c2)nc1. The van der Waals surface area contributed by atoms with Gasteiger partial charge in [-0.2, -0.15) is 0 Å². The molecule has 0 unspecified atom stereocenters.